The lowest BCUT2D eigenvalue weighted by Gasteiger charge is -2.14. The maximum absolute atomic E-state index is 12.4. The van der Waals surface area contributed by atoms with Crippen molar-refractivity contribution in [3.8, 4) is 0 Å². The Balaban J connectivity index is 1.85. The number of fused-ring (bicyclic) bond motifs is 1. The molecule has 114 valence electrons. The highest BCUT2D eigenvalue weighted by molar-refractivity contribution is 7.17. The van der Waals surface area contributed by atoms with Gasteiger partial charge in [-0.15, -0.1) is 11.3 Å². The Morgan fingerprint density at radius 1 is 1.33 bits per heavy atom. The van der Waals surface area contributed by atoms with Crippen LogP contribution in [0.3, 0.4) is 0 Å². The number of anilines is 1. The highest BCUT2D eigenvalue weighted by Crippen LogP contribution is 2.39. The van der Waals surface area contributed by atoms with Crippen LogP contribution < -0.4 is 10.6 Å². The van der Waals surface area contributed by atoms with Crippen LogP contribution in [-0.4, -0.2) is 32.1 Å². The molecule has 2 aliphatic rings. The monoisotopic (exact) mass is 308 g/mol. The number of esters is 1. The zero-order valence-corrected chi connectivity index (χ0v) is 13.1. The van der Waals surface area contributed by atoms with Gasteiger partial charge in [0.05, 0.1) is 18.6 Å². The van der Waals surface area contributed by atoms with E-state index in [2.05, 4.69) is 17.6 Å². The highest BCUT2D eigenvalue weighted by Gasteiger charge is 2.32. The predicted molar refractivity (Wildman–Crippen MR) is 81.8 cm³/mol. The summed E-state index contributed by atoms with van der Waals surface area (Å²) in [5, 5.41) is 6.86. The molecule has 21 heavy (non-hydrogen) atoms. The second-order valence-electron chi connectivity index (χ2n) is 5.78. The van der Waals surface area contributed by atoms with Crippen LogP contribution in [0.2, 0.25) is 0 Å². The standard InChI is InChI=1S/C15H20N2O3S/c1-8-6-16-7-10(8)13(18)17-14-12(15(19)20-2)9-4-3-5-11(9)21-14/h8,10,16H,3-7H2,1-2H3,(H,17,18)/t8-,10-/m1/s1. The van der Waals surface area contributed by atoms with Gasteiger partial charge in [0, 0.05) is 11.4 Å². The fraction of sp³-hybridized carbons (Fsp3) is 0.600. The third kappa shape index (κ3) is 2.58. The summed E-state index contributed by atoms with van der Waals surface area (Å²) in [5.74, 6) is -0.0642. The summed E-state index contributed by atoms with van der Waals surface area (Å²) >= 11 is 1.53. The van der Waals surface area contributed by atoms with Gasteiger partial charge in [0.25, 0.3) is 0 Å². The lowest BCUT2D eigenvalue weighted by atomic mass is 9.97. The Bertz CT molecular complexity index is 582. The van der Waals surface area contributed by atoms with E-state index in [0.717, 1.165) is 31.4 Å². The van der Waals surface area contributed by atoms with Crippen molar-refractivity contribution >= 4 is 28.2 Å². The van der Waals surface area contributed by atoms with Crippen LogP contribution in [-0.2, 0) is 22.4 Å². The molecule has 1 aromatic heterocycles. The highest BCUT2D eigenvalue weighted by atomic mass is 32.1. The number of amides is 1. The second kappa shape index (κ2) is 5.77. The maximum atomic E-state index is 12.4. The van der Waals surface area contributed by atoms with E-state index in [1.807, 2.05) is 0 Å². The summed E-state index contributed by atoms with van der Waals surface area (Å²) in [6.45, 7) is 3.63. The minimum atomic E-state index is -0.345. The van der Waals surface area contributed by atoms with Crippen molar-refractivity contribution in [1.82, 2.24) is 5.32 Å². The number of thiophene rings is 1. The average molecular weight is 308 g/mol. The molecule has 0 aromatic carbocycles. The number of hydrogen-bond donors (Lipinski definition) is 2. The minimum absolute atomic E-state index is 0.00224. The lowest BCUT2D eigenvalue weighted by Crippen LogP contribution is -2.28. The van der Waals surface area contributed by atoms with Crippen LogP contribution >= 0.6 is 11.3 Å². The van der Waals surface area contributed by atoms with Crippen molar-refractivity contribution in [2.24, 2.45) is 11.8 Å². The first-order valence-corrected chi connectivity index (χ1v) is 8.18. The molecule has 1 amide bonds. The van der Waals surface area contributed by atoms with E-state index in [-0.39, 0.29) is 17.8 Å². The quantitative estimate of drug-likeness (QED) is 0.836. The molecular weight excluding hydrogens is 288 g/mol. The van der Waals surface area contributed by atoms with E-state index in [0.29, 0.717) is 23.0 Å². The third-order valence-electron chi connectivity index (χ3n) is 4.40. The molecule has 3 rings (SSSR count). The van der Waals surface area contributed by atoms with Crippen molar-refractivity contribution < 1.29 is 14.3 Å². The number of ether oxygens (including phenoxy) is 1. The molecule has 1 saturated heterocycles. The molecule has 5 nitrogen and oxygen atoms in total. The topological polar surface area (TPSA) is 67.4 Å². The molecule has 1 aliphatic carbocycles. The SMILES string of the molecule is COC(=O)c1c(NC(=O)[C@@H]2CNC[C@H]2C)sc2c1CCC2. The number of carbonyl (C=O) groups is 2. The van der Waals surface area contributed by atoms with E-state index in [1.54, 1.807) is 0 Å². The molecule has 1 aliphatic heterocycles. The molecule has 1 aromatic rings. The molecular formula is C15H20N2O3S. The van der Waals surface area contributed by atoms with E-state index < -0.39 is 0 Å². The van der Waals surface area contributed by atoms with E-state index in [9.17, 15) is 9.59 Å². The smallest absolute Gasteiger partial charge is 0.341 e. The van der Waals surface area contributed by atoms with Crippen molar-refractivity contribution in [2.45, 2.75) is 26.2 Å². The van der Waals surface area contributed by atoms with E-state index in [1.165, 1.54) is 23.3 Å². The first kappa shape index (κ1) is 14.5. The molecule has 0 unspecified atom stereocenters. The van der Waals surface area contributed by atoms with Gasteiger partial charge in [-0.25, -0.2) is 4.79 Å². The van der Waals surface area contributed by atoms with Crippen LogP contribution in [0.1, 0.15) is 34.1 Å². The number of hydrogen-bond acceptors (Lipinski definition) is 5. The molecule has 0 radical (unpaired) electrons. The Hall–Kier alpha value is -1.40. The Morgan fingerprint density at radius 3 is 2.81 bits per heavy atom. The van der Waals surface area contributed by atoms with Crippen LogP contribution in [0.4, 0.5) is 5.00 Å². The maximum Gasteiger partial charge on any atom is 0.341 e. The van der Waals surface area contributed by atoms with Gasteiger partial charge in [-0.1, -0.05) is 6.92 Å². The number of carbonyl (C=O) groups excluding carboxylic acids is 2. The van der Waals surface area contributed by atoms with Crippen molar-refractivity contribution in [2.75, 3.05) is 25.5 Å². The van der Waals surface area contributed by atoms with Gasteiger partial charge in [-0.3, -0.25) is 4.79 Å². The predicted octanol–water partition coefficient (Wildman–Crippen LogP) is 1.82. The van der Waals surface area contributed by atoms with Crippen molar-refractivity contribution in [3.05, 3.63) is 16.0 Å². The summed E-state index contributed by atoms with van der Waals surface area (Å²) in [6, 6.07) is 0. The van der Waals surface area contributed by atoms with Gasteiger partial charge < -0.3 is 15.4 Å². The summed E-state index contributed by atoms with van der Waals surface area (Å²) in [7, 11) is 1.38. The molecule has 2 atom stereocenters. The first-order valence-electron chi connectivity index (χ1n) is 7.36. The first-order chi connectivity index (χ1) is 10.1. The number of nitrogens with one attached hydrogen (secondary N) is 2. The number of aryl methyl sites for hydroxylation is 1. The summed E-state index contributed by atoms with van der Waals surface area (Å²) in [6.07, 6.45) is 2.96. The minimum Gasteiger partial charge on any atom is -0.465 e. The fourth-order valence-electron chi connectivity index (χ4n) is 3.18. The van der Waals surface area contributed by atoms with Gasteiger partial charge >= 0.3 is 5.97 Å². The Labute approximate surface area is 128 Å². The van der Waals surface area contributed by atoms with Gasteiger partial charge in [0.1, 0.15) is 5.00 Å². The van der Waals surface area contributed by atoms with Gasteiger partial charge in [-0.2, -0.15) is 0 Å². The second-order valence-corrected chi connectivity index (χ2v) is 6.89. The van der Waals surface area contributed by atoms with E-state index >= 15 is 0 Å². The zero-order valence-electron chi connectivity index (χ0n) is 12.3. The molecule has 0 saturated carbocycles. The van der Waals surface area contributed by atoms with Crippen LogP contribution in [0.25, 0.3) is 0 Å². The third-order valence-corrected chi connectivity index (χ3v) is 5.61. The van der Waals surface area contributed by atoms with Gasteiger partial charge in [0.2, 0.25) is 5.91 Å². The van der Waals surface area contributed by atoms with E-state index in [4.69, 9.17) is 4.74 Å². The zero-order chi connectivity index (χ0) is 15.0. The molecule has 0 bridgehead atoms. The summed E-state index contributed by atoms with van der Waals surface area (Å²) < 4.78 is 4.89. The summed E-state index contributed by atoms with van der Waals surface area (Å²) in [4.78, 5) is 25.7. The molecule has 1 fully saturated rings. The molecule has 2 heterocycles. The Kier molecular flexibility index (Phi) is 3.99. The molecule has 2 N–H and O–H groups in total. The largest absolute Gasteiger partial charge is 0.465 e. The van der Waals surface area contributed by atoms with Crippen LogP contribution in [0.5, 0.6) is 0 Å². The van der Waals surface area contributed by atoms with Crippen molar-refractivity contribution in [1.29, 1.82) is 0 Å². The molecule has 0 spiro atoms. The normalized spacial score (nSPS) is 23.9. The average Bonchev–Trinajstić information content (AvgIpc) is 3.13. The van der Waals surface area contributed by atoms with Crippen LogP contribution in [0.15, 0.2) is 0 Å². The molecule has 6 heteroatoms. The van der Waals surface area contributed by atoms with Crippen molar-refractivity contribution in [3.63, 3.8) is 0 Å². The van der Waals surface area contributed by atoms with Crippen LogP contribution in [0, 0.1) is 11.8 Å². The fourth-order valence-corrected chi connectivity index (χ4v) is 4.46. The van der Waals surface area contributed by atoms with Gasteiger partial charge in [-0.05, 0) is 37.3 Å². The summed E-state index contributed by atoms with van der Waals surface area (Å²) in [5.41, 5.74) is 1.64. The Morgan fingerprint density at radius 2 is 2.14 bits per heavy atom. The van der Waals surface area contributed by atoms with Gasteiger partial charge in [0.15, 0.2) is 0 Å². The number of methoxy groups -OCH3 is 1. The number of rotatable bonds is 3. The lowest BCUT2D eigenvalue weighted by molar-refractivity contribution is -0.120.